The summed E-state index contributed by atoms with van der Waals surface area (Å²) < 4.78 is 0. The number of benzene rings is 1. The number of nitrogens with zero attached hydrogens (tertiary/aromatic N) is 1. The number of anilines is 2. The molecule has 0 unspecified atom stereocenters. The van der Waals surface area contributed by atoms with Crippen LogP contribution in [0.4, 0.5) is 11.4 Å². The van der Waals surface area contributed by atoms with E-state index in [1.54, 1.807) is 23.1 Å². The number of hydrogen-bond acceptors (Lipinski definition) is 3. The Morgan fingerprint density at radius 1 is 1.50 bits per heavy atom. The zero-order chi connectivity index (χ0) is 14.7. The molecule has 1 aromatic rings. The van der Waals surface area contributed by atoms with E-state index in [9.17, 15) is 9.59 Å². The summed E-state index contributed by atoms with van der Waals surface area (Å²) in [5.41, 5.74) is 1.33. The minimum Gasteiger partial charge on any atom is -0.324 e. The maximum Gasteiger partial charge on any atom is 0.237 e. The second-order valence-corrected chi connectivity index (χ2v) is 6.27. The van der Waals surface area contributed by atoms with E-state index in [0.29, 0.717) is 17.1 Å². The summed E-state index contributed by atoms with van der Waals surface area (Å²) in [5.74, 6) is 0.0198. The van der Waals surface area contributed by atoms with Crippen LogP contribution in [-0.4, -0.2) is 29.9 Å². The zero-order valence-electron chi connectivity index (χ0n) is 11.5. The normalized spacial score (nSPS) is 16.4. The number of nitrogens with one attached hydrogen (secondary N) is 1. The van der Waals surface area contributed by atoms with Crippen LogP contribution in [0, 0.1) is 0 Å². The highest BCUT2D eigenvalue weighted by Gasteiger charge is 2.22. The van der Waals surface area contributed by atoms with Gasteiger partial charge in [-0.15, -0.1) is 0 Å². The third-order valence-corrected chi connectivity index (χ3v) is 4.57. The molecule has 0 bridgehead atoms. The van der Waals surface area contributed by atoms with Crippen molar-refractivity contribution in [2.75, 3.05) is 23.0 Å². The summed E-state index contributed by atoms with van der Waals surface area (Å²) in [6, 6.07) is 5.28. The molecule has 0 aliphatic carbocycles. The van der Waals surface area contributed by atoms with Crippen LogP contribution in [0.5, 0.6) is 0 Å². The molecule has 0 radical (unpaired) electrons. The lowest BCUT2D eigenvalue weighted by molar-refractivity contribution is -0.117. The van der Waals surface area contributed by atoms with Crippen LogP contribution in [0.1, 0.15) is 19.8 Å². The molecule has 1 fully saturated rings. The molecule has 2 rings (SSSR count). The van der Waals surface area contributed by atoms with Crippen LogP contribution >= 0.6 is 23.4 Å². The molecule has 2 amide bonds. The molecule has 1 aromatic carbocycles. The summed E-state index contributed by atoms with van der Waals surface area (Å²) in [5, 5.41) is 3.13. The zero-order valence-corrected chi connectivity index (χ0v) is 13.1. The Labute approximate surface area is 127 Å². The molecule has 4 nitrogen and oxygen atoms in total. The first-order valence-corrected chi connectivity index (χ1v) is 8.13. The summed E-state index contributed by atoms with van der Waals surface area (Å²) >= 11 is 7.57. The van der Waals surface area contributed by atoms with E-state index in [1.807, 2.05) is 13.2 Å². The molecule has 1 aliphatic rings. The standard InChI is InChI=1S/C14H17ClN2O2S/c1-9(20-2)14(19)16-12-8-10(5-6-11(12)15)17-7-3-4-13(17)18/h5-6,8-9H,3-4,7H2,1-2H3,(H,16,19)/t9-/m0/s1. The summed E-state index contributed by atoms with van der Waals surface area (Å²) in [7, 11) is 0. The topological polar surface area (TPSA) is 49.4 Å². The average molecular weight is 313 g/mol. The quantitative estimate of drug-likeness (QED) is 0.929. The smallest absolute Gasteiger partial charge is 0.237 e. The second kappa shape index (κ2) is 6.50. The van der Waals surface area contributed by atoms with E-state index in [1.165, 1.54) is 11.8 Å². The Morgan fingerprint density at radius 3 is 2.85 bits per heavy atom. The van der Waals surface area contributed by atoms with Crippen LogP contribution in [-0.2, 0) is 9.59 Å². The van der Waals surface area contributed by atoms with Gasteiger partial charge in [0, 0.05) is 18.7 Å². The lowest BCUT2D eigenvalue weighted by Crippen LogP contribution is -2.25. The predicted octanol–water partition coefficient (Wildman–Crippen LogP) is 3.16. The van der Waals surface area contributed by atoms with Crippen LogP contribution in [0.25, 0.3) is 0 Å². The van der Waals surface area contributed by atoms with E-state index in [4.69, 9.17) is 11.6 Å². The van der Waals surface area contributed by atoms with Gasteiger partial charge in [-0.2, -0.15) is 11.8 Å². The van der Waals surface area contributed by atoms with Crippen LogP contribution in [0.2, 0.25) is 5.02 Å². The number of halogens is 1. The molecule has 0 aromatic heterocycles. The Kier molecular flexibility index (Phi) is 4.94. The minimum atomic E-state index is -0.150. The Balaban J connectivity index is 2.20. The fourth-order valence-electron chi connectivity index (χ4n) is 2.04. The van der Waals surface area contributed by atoms with Crippen molar-refractivity contribution in [3.63, 3.8) is 0 Å². The van der Waals surface area contributed by atoms with E-state index in [-0.39, 0.29) is 17.1 Å². The number of rotatable bonds is 4. The molecule has 1 saturated heterocycles. The summed E-state index contributed by atoms with van der Waals surface area (Å²) in [4.78, 5) is 25.4. The molecular weight excluding hydrogens is 296 g/mol. The van der Waals surface area contributed by atoms with Gasteiger partial charge in [0.1, 0.15) is 0 Å². The van der Waals surface area contributed by atoms with Crippen molar-refractivity contribution in [2.45, 2.75) is 25.0 Å². The van der Waals surface area contributed by atoms with E-state index in [2.05, 4.69) is 5.32 Å². The number of hydrogen-bond donors (Lipinski definition) is 1. The maximum absolute atomic E-state index is 11.9. The van der Waals surface area contributed by atoms with Crippen molar-refractivity contribution < 1.29 is 9.59 Å². The first kappa shape index (κ1) is 15.2. The molecule has 1 atom stereocenters. The SMILES string of the molecule is CS[C@@H](C)C(=O)Nc1cc(N2CCCC2=O)ccc1Cl. The van der Waals surface area contributed by atoms with E-state index >= 15 is 0 Å². The van der Waals surface area contributed by atoms with Gasteiger partial charge in [0.2, 0.25) is 11.8 Å². The fraction of sp³-hybridized carbons (Fsp3) is 0.429. The van der Waals surface area contributed by atoms with Gasteiger partial charge in [0.25, 0.3) is 0 Å². The van der Waals surface area contributed by atoms with Gasteiger partial charge in [0.15, 0.2) is 0 Å². The Hall–Kier alpha value is -1.20. The Bertz CT molecular complexity index is 536. The number of thioether (sulfide) groups is 1. The van der Waals surface area contributed by atoms with Crippen molar-refractivity contribution in [1.82, 2.24) is 0 Å². The highest BCUT2D eigenvalue weighted by Crippen LogP contribution is 2.30. The molecule has 0 saturated carbocycles. The molecule has 1 N–H and O–H groups in total. The van der Waals surface area contributed by atoms with E-state index in [0.717, 1.165) is 18.7 Å². The third-order valence-electron chi connectivity index (χ3n) is 3.32. The van der Waals surface area contributed by atoms with Gasteiger partial charge >= 0.3 is 0 Å². The Morgan fingerprint density at radius 2 is 2.25 bits per heavy atom. The van der Waals surface area contributed by atoms with Crippen molar-refractivity contribution in [3.8, 4) is 0 Å². The monoisotopic (exact) mass is 312 g/mol. The van der Waals surface area contributed by atoms with Gasteiger partial charge in [-0.1, -0.05) is 11.6 Å². The first-order valence-electron chi connectivity index (χ1n) is 6.46. The van der Waals surface area contributed by atoms with Gasteiger partial charge in [-0.3, -0.25) is 9.59 Å². The molecule has 1 aliphatic heterocycles. The lowest BCUT2D eigenvalue weighted by atomic mass is 10.2. The first-order chi connectivity index (χ1) is 9.52. The molecule has 6 heteroatoms. The predicted molar refractivity (Wildman–Crippen MR) is 84.6 cm³/mol. The van der Waals surface area contributed by atoms with Gasteiger partial charge in [-0.05, 0) is 37.8 Å². The number of amides is 2. The maximum atomic E-state index is 11.9. The molecular formula is C14H17ClN2O2S. The third kappa shape index (κ3) is 3.27. The van der Waals surface area contributed by atoms with Gasteiger partial charge in [0.05, 0.1) is 16.0 Å². The van der Waals surface area contributed by atoms with Crippen LogP contribution in [0.15, 0.2) is 18.2 Å². The number of carbonyl (C=O) groups is 2. The van der Waals surface area contributed by atoms with Crippen molar-refractivity contribution in [2.24, 2.45) is 0 Å². The minimum absolute atomic E-state index is 0.0932. The summed E-state index contributed by atoms with van der Waals surface area (Å²) in [6.07, 6.45) is 3.33. The highest BCUT2D eigenvalue weighted by molar-refractivity contribution is 7.99. The highest BCUT2D eigenvalue weighted by atomic mass is 35.5. The van der Waals surface area contributed by atoms with E-state index < -0.39 is 0 Å². The molecule has 1 heterocycles. The second-order valence-electron chi connectivity index (χ2n) is 4.68. The molecule has 0 spiro atoms. The van der Waals surface area contributed by atoms with Crippen LogP contribution in [0.3, 0.4) is 0 Å². The van der Waals surface area contributed by atoms with Gasteiger partial charge in [-0.25, -0.2) is 0 Å². The average Bonchev–Trinajstić information content (AvgIpc) is 2.86. The van der Waals surface area contributed by atoms with Crippen molar-refractivity contribution in [1.29, 1.82) is 0 Å². The number of carbonyl (C=O) groups excluding carboxylic acids is 2. The van der Waals surface area contributed by atoms with Gasteiger partial charge < -0.3 is 10.2 Å². The molecule has 20 heavy (non-hydrogen) atoms. The largest absolute Gasteiger partial charge is 0.324 e. The van der Waals surface area contributed by atoms with Crippen molar-refractivity contribution >= 4 is 46.6 Å². The van der Waals surface area contributed by atoms with Crippen molar-refractivity contribution in [3.05, 3.63) is 23.2 Å². The molecule has 108 valence electrons. The fourth-order valence-corrected chi connectivity index (χ4v) is 2.48. The summed E-state index contributed by atoms with van der Waals surface area (Å²) in [6.45, 7) is 2.55. The lowest BCUT2D eigenvalue weighted by Gasteiger charge is -2.18. The van der Waals surface area contributed by atoms with Crippen LogP contribution < -0.4 is 10.2 Å².